The largest absolute Gasteiger partial charge is 0.388 e. The summed E-state index contributed by atoms with van der Waals surface area (Å²) in [5, 5.41) is 10.8. The van der Waals surface area contributed by atoms with Crippen molar-refractivity contribution in [3.63, 3.8) is 0 Å². The second kappa shape index (κ2) is 6.76. The van der Waals surface area contributed by atoms with E-state index in [1.165, 1.54) is 16.8 Å². The average molecular weight is 350 g/mol. The van der Waals surface area contributed by atoms with Crippen LogP contribution in [0.2, 0.25) is 0 Å². The lowest BCUT2D eigenvalue weighted by molar-refractivity contribution is -0.130. The number of rotatable bonds is 2. The van der Waals surface area contributed by atoms with Gasteiger partial charge in [-0.3, -0.25) is 24.0 Å². The molecule has 3 heterocycles. The van der Waals surface area contributed by atoms with Gasteiger partial charge in [0.1, 0.15) is 0 Å². The highest BCUT2D eigenvalue weighted by Gasteiger charge is 2.41. The fourth-order valence-corrected chi connectivity index (χ4v) is 3.98. The Morgan fingerprint density at radius 1 is 1.28 bits per heavy atom. The molecule has 2 fully saturated rings. The van der Waals surface area contributed by atoms with E-state index in [-0.39, 0.29) is 5.91 Å². The van der Waals surface area contributed by atoms with Gasteiger partial charge in [0.05, 0.1) is 11.6 Å². The van der Waals surface area contributed by atoms with Crippen LogP contribution in [0.3, 0.4) is 0 Å². The van der Waals surface area contributed by atoms with Gasteiger partial charge in [0.15, 0.2) is 0 Å². The topological polar surface area (TPSA) is 98.6 Å². The predicted octanol–water partition coefficient (Wildman–Crippen LogP) is -0.455. The van der Waals surface area contributed by atoms with Crippen molar-refractivity contribution in [3.8, 4) is 0 Å². The van der Waals surface area contributed by atoms with E-state index in [1.54, 1.807) is 13.8 Å². The Morgan fingerprint density at radius 2 is 1.96 bits per heavy atom. The van der Waals surface area contributed by atoms with Gasteiger partial charge in [0, 0.05) is 51.4 Å². The molecule has 2 N–H and O–H groups in total. The van der Waals surface area contributed by atoms with Crippen LogP contribution in [0, 0.1) is 0 Å². The normalized spacial score (nSPS) is 28.9. The molecule has 1 aromatic heterocycles. The highest BCUT2D eigenvalue weighted by Crippen LogP contribution is 2.33. The molecule has 1 amide bonds. The van der Waals surface area contributed by atoms with Gasteiger partial charge in [0.25, 0.3) is 5.56 Å². The Balaban J connectivity index is 1.76. The van der Waals surface area contributed by atoms with E-state index in [0.717, 1.165) is 32.5 Å². The highest BCUT2D eigenvalue weighted by atomic mass is 16.3. The summed E-state index contributed by atoms with van der Waals surface area (Å²) in [7, 11) is 0. The quantitative estimate of drug-likeness (QED) is 0.752. The number of nitrogens with one attached hydrogen (secondary N) is 1. The number of hydrogen-bond donors (Lipinski definition) is 2. The van der Waals surface area contributed by atoms with Crippen molar-refractivity contribution in [1.82, 2.24) is 19.4 Å². The minimum atomic E-state index is -1.02. The molecule has 138 valence electrons. The molecule has 8 nitrogen and oxygen atoms in total. The maximum absolute atomic E-state index is 12.2. The molecule has 0 bridgehead atoms. The Kier molecular flexibility index (Phi) is 4.83. The number of H-pyrrole nitrogens is 1. The molecule has 25 heavy (non-hydrogen) atoms. The standard InChI is InChI=1S/C17H26N4O4/c1-12(22)19-7-3-13(4-8-19)20-10-6-17(2,25)14(11-20)21-9-5-15(23)18-16(21)24/h5,9,13-14,25H,3-4,6-8,10-11H2,1-2H3,(H,18,23,24)/t14-,17-/m1/s1. The Hall–Kier alpha value is -1.93. The molecule has 0 radical (unpaired) electrons. The van der Waals surface area contributed by atoms with Crippen LogP contribution in [0.4, 0.5) is 0 Å². The van der Waals surface area contributed by atoms with E-state index in [4.69, 9.17) is 0 Å². The maximum atomic E-state index is 12.2. The molecule has 3 rings (SSSR count). The first-order chi connectivity index (χ1) is 11.8. The third kappa shape index (κ3) is 3.69. The van der Waals surface area contributed by atoms with Crippen LogP contribution >= 0.6 is 0 Å². The zero-order chi connectivity index (χ0) is 18.2. The van der Waals surface area contributed by atoms with Crippen LogP contribution < -0.4 is 11.2 Å². The number of likely N-dealkylation sites (tertiary alicyclic amines) is 2. The summed E-state index contributed by atoms with van der Waals surface area (Å²) in [4.78, 5) is 41.4. The summed E-state index contributed by atoms with van der Waals surface area (Å²) < 4.78 is 1.43. The van der Waals surface area contributed by atoms with Crippen LogP contribution in [0.25, 0.3) is 0 Å². The first-order valence-corrected chi connectivity index (χ1v) is 8.81. The Morgan fingerprint density at radius 3 is 2.56 bits per heavy atom. The SMILES string of the molecule is CC(=O)N1CCC(N2CC[C@@](C)(O)[C@H](n3ccc(=O)[nH]c3=O)C2)CC1. The summed E-state index contributed by atoms with van der Waals surface area (Å²) in [5.74, 6) is 0.109. The maximum Gasteiger partial charge on any atom is 0.328 e. The van der Waals surface area contributed by atoms with E-state index in [0.29, 0.717) is 19.0 Å². The summed E-state index contributed by atoms with van der Waals surface area (Å²) in [6.45, 7) is 6.13. The second-order valence-corrected chi connectivity index (χ2v) is 7.37. The highest BCUT2D eigenvalue weighted by molar-refractivity contribution is 5.73. The number of aliphatic hydroxyl groups is 1. The lowest BCUT2D eigenvalue weighted by Crippen LogP contribution is -2.57. The third-order valence-electron chi connectivity index (χ3n) is 5.64. The smallest absolute Gasteiger partial charge is 0.328 e. The van der Waals surface area contributed by atoms with E-state index in [9.17, 15) is 19.5 Å². The summed E-state index contributed by atoms with van der Waals surface area (Å²) in [6.07, 6.45) is 3.81. The van der Waals surface area contributed by atoms with Gasteiger partial charge >= 0.3 is 5.69 Å². The Labute approximate surface area is 146 Å². The number of hydrogen-bond acceptors (Lipinski definition) is 5. The van der Waals surface area contributed by atoms with Crippen LogP contribution in [0.15, 0.2) is 21.9 Å². The first-order valence-electron chi connectivity index (χ1n) is 8.81. The lowest BCUT2D eigenvalue weighted by Gasteiger charge is -2.47. The summed E-state index contributed by atoms with van der Waals surface area (Å²) in [6, 6.07) is 1.23. The van der Waals surface area contributed by atoms with E-state index in [2.05, 4.69) is 9.88 Å². The van der Waals surface area contributed by atoms with Crippen molar-refractivity contribution in [2.24, 2.45) is 0 Å². The molecular weight excluding hydrogens is 324 g/mol. The number of carbonyl (C=O) groups is 1. The van der Waals surface area contributed by atoms with Crippen molar-refractivity contribution in [3.05, 3.63) is 33.1 Å². The van der Waals surface area contributed by atoms with Crippen LogP contribution in [0.5, 0.6) is 0 Å². The molecule has 2 aliphatic rings. The van der Waals surface area contributed by atoms with Gasteiger partial charge in [-0.25, -0.2) is 4.79 Å². The third-order valence-corrected chi connectivity index (χ3v) is 5.64. The van der Waals surface area contributed by atoms with E-state index in [1.807, 2.05) is 4.90 Å². The lowest BCUT2D eigenvalue weighted by atomic mass is 9.86. The van der Waals surface area contributed by atoms with Gasteiger partial charge in [-0.15, -0.1) is 0 Å². The predicted molar refractivity (Wildman–Crippen MR) is 92.4 cm³/mol. The molecule has 2 aliphatic heterocycles. The second-order valence-electron chi connectivity index (χ2n) is 7.37. The van der Waals surface area contributed by atoms with E-state index >= 15 is 0 Å². The summed E-state index contributed by atoms with van der Waals surface area (Å²) in [5.41, 5.74) is -1.95. The monoisotopic (exact) mass is 350 g/mol. The fourth-order valence-electron chi connectivity index (χ4n) is 3.98. The number of nitrogens with zero attached hydrogens (tertiary/aromatic N) is 3. The molecule has 8 heteroatoms. The molecule has 0 saturated carbocycles. The minimum Gasteiger partial charge on any atom is -0.388 e. The number of aromatic amines is 1. The molecular formula is C17H26N4O4. The molecule has 0 aliphatic carbocycles. The van der Waals surface area contributed by atoms with Crippen molar-refractivity contribution in [2.45, 2.75) is 50.8 Å². The van der Waals surface area contributed by atoms with Crippen molar-refractivity contribution < 1.29 is 9.90 Å². The number of piperidine rings is 2. The molecule has 0 aromatic carbocycles. The van der Waals surface area contributed by atoms with Crippen molar-refractivity contribution >= 4 is 5.91 Å². The average Bonchev–Trinajstić information content (AvgIpc) is 2.55. The number of carbonyl (C=O) groups excluding carboxylic acids is 1. The van der Waals surface area contributed by atoms with Crippen molar-refractivity contribution in [2.75, 3.05) is 26.2 Å². The number of aromatic nitrogens is 2. The van der Waals surface area contributed by atoms with Gasteiger partial charge in [-0.05, 0) is 26.2 Å². The zero-order valence-corrected chi connectivity index (χ0v) is 14.8. The first kappa shape index (κ1) is 17.9. The molecule has 2 atom stereocenters. The summed E-state index contributed by atoms with van der Waals surface area (Å²) >= 11 is 0. The Bertz CT molecular complexity index is 746. The van der Waals surface area contributed by atoms with E-state index < -0.39 is 22.9 Å². The van der Waals surface area contributed by atoms with Gasteiger partial charge in [-0.2, -0.15) is 0 Å². The molecule has 0 spiro atoms. The van der Waals surface area contributed by atoms with Crippen LogP contribution in [-0.2, 0) is 4.79 Å². The molecule has 1 aromatic rings. The molecule has 2 saturated heterocycles. The van der Waals surface area contributed by atoms with Gasteiger partial charge < -0.3 is 10.0 Å². The van der Waals surface area contributed by atoms with Gasteiger partial charge in [-0.1, -0.05) is 0 Å². The molecule has 0 unspecified atom stereocenters. The van der Waals surface area contributed by atoms with Crippen LogP contribution in [0.1, 0.15) is 39.2 Å². The fraction of sp³-hybridized carbons (Fsp3) is 0.706. The minimum absolute atomic E-state index is 0.109. The van der Waals surface area contributed by atoms with Crippen molar-refractivity contribution in [1.29, 1.82) is 0 Å². The number of amides is 1. The van der Waals surface area contributed by atoms with Crippen LogP contribution in [-0.4, -0.2) is 68.2 Å². The zero-order valence-electron chi connectivity index (χ0n) is 14.8. The van der Waals surface area contributed by atoms with Gasteiger partial charge in [0.2, 0.25) is 5.91 Å².